The van der Waals surface area contributed by atoms with Crippen molar-refractivity contribution >= 4 is 17.3 Å². The third-order valence-corrected chi connectivity index (χ3v) is 2.89. The molecule has 1 aromatic heterocycles. The van der Waals surface area contributed by atoms with Gasteiger partial charge >= 0.3 is 0 Å². The molecule has 1 aromatic carbocycles. The highest BCUT2D eigenvalue weighted by Crippen LogP contribution is 2.27. The van der Waals surface area contributed by atoms with Crippen molar-refractivity contribution in [1.29, 1.82) is 5.26 Å². The van der Waals surface area contributed by atoms with E-state index in [9.17, 15) is 10.1 Å². The van der Waals surface area contributed by atoms with E-state index >= 15 is 0 Å². The van der Waals surface area contributed by atoms with Gasteiger partial charge in [-0.25, -0.2) is 4.68 Å². The molecule has 0 N–H and O–H groups in total. The van der Waals surface area contributed by atoms with E-state index in [1.165, 1.54) is 16.8 Å². The quantitative estimate of drug-likeness (QED) is 0.633. The molecule has 0 amide bonds. The lowest BCUT2D eigenvalue weighted by Crippen LogP contribution is -2.03. The monoisotopic (exact) mass is 277 g/mol. The van der Waals surface area contributed by atoms with E-state index in [1.54, 1.807) is 6.07 Å². The third-order valence-electron chi connectivity index (χ3n) is 2.57. The number of rotatable bonds is 3. The summed E-state index contributed by atoms with van der Waals surface area (Å²) in [6.07, 6.45) is 0.534. The maximum absolute atomic E-state index is 10.8. The van der Waals surface area contributed by atoms with Gasteiger partial charge in [0.15, 0.2) is 5.69 Å². The summed E-state index contributed by atoms with van der Waals surface area (Å²) in [6.45, 7) is 1.85. The second kappa shape index (κ2) is 5.04. The zero-order valence-corrected chi connectivity index (χ0v) is 10.6. The van der Waals surface area contributed by atoms with Crippen molar-refractivity contribution in [2.24, 2.45) is 0 Å². The Morgan fingerprint density at radius 2 is 2.32 bits per heavy atom. The van der Waals surface area contributed by atoms with E-state index in [0.29, 0.717) is 17.8 Å². The lowest BCUT2D eigenvalue weighted by molar-refractivity contribution is -0.384. The van der Waals surface area contributed by atoms with E-state index in [0.717, 1.165) is 0 Å². The predicted octanol–water partition coefficient (Wildman–Crippen LogP) is 2.26. The van der Waals surface area contributed by atoms with Crippen LogP contribution in [0.1, 0.15) is 18.3 Å². The van der Waals surface area contributed by atoms with Gasteiger partial charge < -0.3 is 0 Å². The van der Waals surface area contributed by atoms with E-state index in [4.69, 9.17) is 16.9 Å². The Morgan fingerprint density at radius 1 is 1.58 bits per heavy atom. The van der Waals surface area contributed by atoms with Crippen LogP contribution in [0.25, 0.3) is 5.69 Å². The molecule has 2 rings (SSSR count). The molecule has 0 aliphatic rings. The Labute approximate surface area is 113 Å². The van der Waals surface area contributed by atoms with Gasteiger partial charge in [0.1, 0.15) is 11.1 Å². The van der Waals surface area contributed by atoms with Gasteiger partial charge in [0.25, 0.3) is 5.69 Å². The van der Waals surface area contributed by atoms with Crippen LogP contribution in [0.3, 0.4) is 0 Å². The van der Waals surface area contributed by atoms with Crippen LogP contribution < -0.4 is 0 Å². The van der Waals surface area contributed by atoms with Gasteiger partial charge in [-0.05, 0) is 18.6 Å². The summed E-state index contributed by atoms with van der Waals surface area (Å²) in [5, 5.41) is 27.4. The van der Waals surface area contributed by atoms with E-state index in [1.807, 2.05) is 13.0 Å². The number of nitrogens with zero attached hydrogens (tertiary/aromatic N) is 5. The smallest absolute Gasteiger partial charge is 0.258 e. The van der Waals surface area contributed by atoms with Gasteiger partial charge in [-0.3, -0.25) is 10.1 Å². The SMILES string of the molecule is CCc1c(C#N)nnn1-c1ccc(Cl)c([N+](=O)[O-])c1. The molecule has 0 atom stereocenters. The van der Waals surface area contributed by atoms with Gasteiger partial charge in [-0.15, -0.1) is 5.10 Å². The van der Waals surface area contributed by atoms with Crippen LogP contribution in [0, 0.1) is 21.4 Å². The molecule has 0 unspecified atom stereocenters. The fraction of sp³-hybridized carbons (Fsp3) is 0.182. The van der Waals surface area contributed by atoms with Crippen molar-refractivity contribution in [3.63, 3.8) is 0 Å². The molecule has 0 fully saturated rings. The number of benzene rings is 1. The largest absolute Gasteiger partial charge is 0.290 e. The summed E-state index contributed by atoms with van der Waals surface area (Å²) >= 11 is 5.75. The fourth-order valence-electron chi connectivity index (χ4n) is 1.69. The fourth-order valence-corrected chi connectivity index (χ4v) is 1.87. The Kier molecular flexibility index (Phi) is 3.44. The first-order valence-corrected chi connectivity index (χ1v) is 5.75. The number of hydrogen-bond donors (Lipinski definition) is 0. The highest BCUT2D eigenvalue weighted by Gasteiger charge is 2.17. The van der Waals surface area contributed by atoms with Crippen LogP contribution in [-0.2, 0) is 6.42 Å². The maximum Gasteiger partial charge on any atom is 0.290 e. The normalized spacial score (nSPS) is 10.2. The van der Waals surface area contributed by atoms with Gasteiger partial charge in [0.05, 0.1) is 16.3 Å². The third kappa shape index (κ3) is 2.26. The highest BCUT2D eigenvalue weighted by atomic mass is 35.5. The van der Waals surface area contributed by atoms with Crippen LogP contribution in [0.15, 0.2) is 18.2 Å². The average molecular weight is 278 g/mol. The lowest BCUT2D eigenvalue weighted by atomic mass is 10.2. The number of nitro groups is 1. The van der Waals surface area contributed by atoms with Gasteiger partial charge in [-0.2, -0.15) is 5.26 Å². The van der Waals surface area contributed by atoms with Gasteiger partial charge in [-0.1, -0.05) is 23.7 Å². The van der Waals surface area contributed by atoms with Gasteiger partial charge in [0.2, 0.25) is 0 Å². The minimum atomic E-state index is -0.570. The summed E-state index contributed by atoms with van der Waals surface area (Å²) in [6, 6.07) is 6.24. The van der Waals surface area contributed by atoms with E-state index in [-0.39, 0.29) is 16.4 Å². The summed E-state index contributed by atoms with van der Waals surface area (Å²) in [7, 11) is 0. The van der Waals surface area contributed by atoms with Crippen molar-refractivity contribution in [3.8, 4) is 11.8 Å². The van der Waals surface area contributed by atoms with Crippen molar-refractivity contribution in [2.45, 2.75) is 13.3 Å². The minimum Gasteiger partial charge on any atom is -0.258 e. The van der Waals surface area contributed by atoms with Gasteiger partial charge in [0, 0.05) is 6.07 Å². The first-order valence-electron chi connectivity index (χ1n) is 5.37. The Hall–Kier alpha value is -2.46. The molecule has 0 bridgehead atoms. The Bertz CT molecular complexity index is 689. The molecule has 0 aliphatic carbocycles. The molecule has 0 radical (unpaired) electrons. The van der Waals surface area contributed by atoms with Crippen LogP contribution >= 0.6 is 11.6 Å². The molecule has 19 heavy (non-hydrogen) atoms. The van der Waals surface area contributed by atoms with Crippen molar-refractivity contribution in [3.05, 3.63) is 44.7 Å². The molecular weight excluding hydrogens is 270 g/mol. The molecule has 0 spiro atoms. The number of hydrogen-bond acceptors (Lipinski definition) is 5. The Morgan fingerprint density at radius 3 is 2.89 bits per heavy atom. The van der Waals surface area contributed by atoms with Crippen molar-refractivity contribution < 1.29 is 4.92 Å². The first-order chi connectivity index (χ1) is 9.08. The number of aromatic nitrogens is 3. The second-order valence-electron chi connectivity index (χ2n) is 3.65. The summed E-state index contributed by atoms with van der Waals surface area (Å²) in [4.78, 5) is 10.3. The van der Waals surface area contributed by atoms with E-state index < -0.39 is 4.92 Å². The predicted molar refractivity (Wildman–Crippen MR) is 67.1 cm³/mol. The molecule has 96 valence electrons. The number of halogens is 1. The minimum absolute atomic E-state index is 0.0485. The molecule has 1 heterocycles. The average Bonchev–Trinajstić information content (AvgIpc) is 2.81. The molecule has 8 heteroatoms. The number of nitriles is 1. The van der Waals surface area contributed by atoms with Crippen molar-refractivity contribution in [1.82, 2.24) is 15.0 Å². The molecule has 7 nitrogen and oxygen atoms in total. The van der Waals surface area contributed by atoms with Crippen LogP contribution in [0.5, 0.6) is 0 Å². The summed E-state index contributed by atoms with van der Waals surface area (Å²) in [5.41, 5.74) is 1.04. The number of nitro benzene ring substituents is 1. The second-order valence-corrected chi connectivity index (χ2v) is 4.06. The standard InChI is InChI=1S/C11H8ClN5O2/c1-2-10-9(6-13)14-15-16(10)7-3-4-8(12)11(5-7)17(18)19/h3-5H,2H2,1H3. The topological polar surface area (TPSA) is 97.6 Å². The lowest BCUT2D eigenvalue weighted by Gasteiger charge is -2.05. The Balaban J connectivity index is 2.60. The summed E-state index contributed by atoms with van der Waals surface area (Å²) < 4.78 is 1.40. The molecular formula is C11H8ClN5O2. The van der Waals surface area contributed by atoms with Crippen molar-refractivity contribution in [2.75, 3.05) is 0 Å². The van der Waals surface area contributed by atoms with Crippen LogP contribution in [-0.4, -0.2) is 19.9 Å². The molecule has 0 saturated heterocycles. The van der Waals surface area contributed by atoms with Crippen LogP contribution in [0.4, 0.5) is 5.69 Å². The zero-order valence-electron chi connectivity index (χ0n) is 9.87. The molecule has 2 aromatic rings. The van der Waals surface area contributed by atoms with Crippen LogP contribution in [0.2, 0.25) is 5.02 Å². The molecule has 0 aliphatic heterocycles. The maximum atomic E-state index is 10.8. The highest BCUT2D eigenvalue weighted by molar-refractivity contribution is 6.32. The zero-order chi connectivity index (χ0) is 14.0. The molecule has 0 saturated carbocycles. The first kappa shape index (κ1) is 13.0. The van der Waals surface area contributed by atoms with E-state index in [2.05, 4.69) is 10.3 Å². The summed E-state index contributed by atoms with van der Waals surface area (Å²) in [5.74, 6) is 0.